The maximum atomic E-state index is 12.5. The number of benzene rings is 2. The van der Waals surface area contributed by atoms with Gasteiger partial charge in [-0.05, 0) is 54.2 Å². The molecule has 1 aliphatic carbocycles. The molecule has 0 aromatic heterocycles. The van der Waals surface area contributed by atoms with Crippen LogP contribution in [0, 0.1) is 5.92 Å². The number of nitrogens with zero attached hydrogens (tertiary/aromatic N) is 1. The second kappa shape index (κ2) is 9.88. The van der Waals surface area contributed by atoms with Gasteiger partial charge in [0.25, 0.3) is 5.91 Å². The van der Waals surface area contributed by atoms with Crippen LogP contribution in [0.4, 0.5) is 0 Å². The van der Waals surface area contributed by atoms with Crippen LogP contribution in [0.3, 0.4) is 0 Å². The van der Waals surface area contributed by atoms with Crippen LogP contribution in [0.5, 0.6) is 0 Å². The number of halogens is 1. The monoisotopic (exact) mass is 442 g/mol. The predicted octanol–water partition coefficient (Wildman–Crippen LogP) is 5.42. The lowest BCUT2D eigenvalue weighted by atomic mass is 9.89. The zero-order valence-electron chi connectivity index (χ0n) is 17.0. The molecule has 0 spiro atoms. The molecule has 1 saturated carbocycles. The van der Waals surface area contributed by atoms with Gasteiger partial charge in [-0.3, -0.25) is 9.59 Å². The van der Waals surface area contributed by atoms with Crippen molar-refractivity contribution < 1.29 is 9.59 Å². The van der Waals surface area contributed by atoms with Gasteiger partial charge >= 0.3 is 0 Å². The first-order valence-electron chi connectivity index (χ1n) is 10.6. The summed E-state index contributed by atoms with van der Waals surface area (Å²) in [6, 6.07) is 15.3. The molecule has 1 unspecified atom stereocenters. The van der Waals surface area contributed by atoms with E-state index < -0.39 is 0 Å². The average molecular weight is 443 g/mol. The third-order valence-electron chi connectivity index (χ3n) is 5.97. The maximum absolute atomic E-state index is 12.5. The molecule has 30 heavy (non-hydrogen) atoms. The van der Waals surface area contributed by atoms with Crippen molar-refractivity contribution in [1.29, 1.82) is 0 Å². The number of carbonyl (C=O) groups excluding carboxylic acids is 2. The van der Waals surface area contributed by atoms with E-state index in [-0.39, 0.29) is 17.2 Å². The zero-order chi connectivity index (χ0) is 20.9. The van der Waals surface area contributed by atoms with E-state index in [9.17, 15) is 9.59 Å². The van der Waals surface area contributed by atoms with Crippen molar-refractivity contribution in [3.05, 3.63) is 70.2 Å². The van der Waals surface area contributed by atoms with Crippen LogP contribution >= 0.6 is 23.4 Å². The van der Waals surface area contributed by atoms with Gasteiger partial charge in [-0.1, -0.05) is 55.1 Å². The Bertz CT molecular complexity index is 879. The van der Waals surface area contributed by atoms with Gasteiger partial charge < -0.3 is 10.2 Å². The lowest BCUT2D eigenvalue weighted by Gasteiger charge is -2.24. The Labute approximate surface area is 187 Å². The fourth-order valence-corrected chi connectivity index (χ4v) is 5.53. The Hall–Kier alpha value is -1.98. The smallest absolute Gasteiger partial charge is 0.251 e. The van der Waals surface area contributed by atoms with Crippen molar-refractivity contribution in [3.63, 3.8) is 0 Å². The number of thioether (sulfide) groups is 1. The minimum Gasteiger partial charge on any atom is -0.352 e. The first-order valence-corrected chi connectivity index (χ1v) is 12.1. The Morgan fingerprint density at radius 2 is 1.73 bits per heavy atom. The van der Waals surface area contributed by atoms with E-state index in [0.717, 1.165) is 17.7 Å². The summed E-state index contributed by atoms with van der Waals surface area (Å²) in [4.78, 5) is 26.9. The van der Waals surface area contributed by atoms with Gasteiger partial charge in [0.05, 0.1) is 5.75 Å². The maximum Gasteiger partial charge on any atom is 0.251 e. The summed E-state index contributed by atoms with van der Waals surface area (Å²) in [6.45, 7) is 1.32. The second-order valence-corrected chi connectivity index (χ2v) is 9.65. The third kappa shape index (κ3) is 5.19. The summed E-state index contributed by atoms with van der Waals surface area (Å²) in [5.41, 5.74) is 2.77. The SMILES string of the molecule is O=C(NCC1CCCCC1)c1ccc(C2SCC(=O)N2Cc2ccc(Cl)cc2)cc1. The average Bonchev–Trinajstić information content (AvgIpc) is 3.14. The molecule has 0 bridgehead atoms. The van der Waals surface area contributed by atoms with Gasteiger partial charge in [0.2, 0.25) is 5.91 Å². The molecule has 2 aromatic rings. The summed E-state index contributed by atoms with van der Waals surface area (Å²) in [5.74, 6) is 1.21. The van der Waals surface area contributed by atoms with Crippen molar-refractivity contribution in [2.75, 3.05) is 12.3 Å². The largest absolute Gasteiger partial charge is 0.352 e. The molecule has 158 valence electrons. The summed E-state index contributed by atoms with van der Waals surface area (Å²) in [7, 11) is 0. The Morgan fingerprint density at radius 3 is 2.43 bits per heavy atom. The molecule has 1 aliphatic heterocycles. The third-order valence-corrected chi connectivity index (χ3v) is 7.48. The van der Waals surface area contributed by atoms with Crippen molar-refractivity contribution in [3.8, 4) is 0 Å². The molecule has 2 amide bonds. The van der Waals surface area contributed by atoms with Crippen LogP contribution in [0.1, 0.15) is 59.0 Å². The second-order valence-electron chi connectivity index (χ2n) is 8.15. The van der Waals surface area contributed by atoms with Gasteiger partial charge in [-0.15, -0.1) is 11.8 Å². The number of hydrogen-bond acceptors (Lipinski definition) is 3. The van der Waals surface area contributed by atoms with Crippen LogP contribution in [0.15, 0.2) is 48.5 Å². The molecule has 4 nitrogen and oxygen atoms in total. The summed E-state index contributed by atoms with van der Waals surface area (Å²) in [6.07, 6.45) is 6.31. The Morgan fingerprint density at radius 1 is 1.03 bits per heavy atom. The quantitative estimate of drug-likeness (QED) is 0.649. The fourth-order valence-electron chi connectivity index (χ4n) is 4.22. The van der Waals surface area contributed by atoms with Crippen LogP contribution in [-0.4, -0.2) is 29.0 Å². The van der Waals surface area contributed by atoms with Crippen molar-refractivity contribution in [2.24, 2.45) is 5.92 Å². The molecule has 0 radical (unpaired) electrons. The number of carbonyl (C=O) groups is 2. The van der Waals surface area contributed by atoms with Gasteiger partial charge in [-0.25, -0.2) is 0 Å². The minimum absolute atomic E-state index is 0.0136. The highest BCUT2D eigenvalue weighted by Gasteiger charge is 2.32. The standard InChI is InChI=1S/C24H27ClN2O2S/c25-21-12-6-18(7-13-21)15-27-22(28)16-30-24(27)20-10-8-19(9-11-20)23(29)26-14-17-4-2-1-3-5-17/h6-13,17,24H,1-5,14-16H2,(H,26,29). The molecule has 1 saturated heterocycles. The van der Waals surface area contributed by atoms with E-state index in [0.29, 0.717) is 28.8 Å². The first-order chi connectivity index (χ1) is 14.6. The van der Waals surface area contributed by atoms with Gasteiger partial charge in [-0.2, -0.15) is 0 Å². The highest BCUT2D eigenvalue weighted by Crippen LogP contribution is 2.39. The van der Waals surface area contributed by atoms with E-state index in [1.165, 1.54) is 32.1 Å². The lowest BCUT2D eigenvalue weighted by Crippen LogP contribution is -2.30. The van der Waals surface area contributed by atoms with E-state index in [2.05, 4.69) is 5.32 Å². The number of rotatable bonds is 6. The minimum atomic E-state index is -0.0347. The van der Waals surface area contributed by atoms with E-state index in [1.54, 1.807) is 11.8 Å². The highest BCUT2D eigenvalue weighted by molar-refractivity contribution is 8.00. The highest BCUT2D eigenvalue weighted by atomic mass is 35.5. The summed E-state index contributed by atoms with van der Waals surface area (Å²) in [5, 5.41) is 3.75. The van der Waals surface area contributed by atoms with Gasteiger partial charge in [0.1, 0.15) is 5.37 Å². The number of nitrogens with one attached hydrogen (secondary N) is 1. The Kier molecular flexibility index (Phi) is 7.00. The van der Waals surface area contributed by atoms with Crippen LogP contribution in [-0.2, 0) is 11.3 Å². The number of hydrogen-bond donors (Lipinski definition) is 1. The molecule has 2 aliphatic rings. The van der Waals surface area contributed by atoms with Gasteiger partial charge in [0, 0.05) is 23.7 Å². The van der Waals surface area contributed by atoms with E-state index >= 15 is 0 Å². The van der Waals surface area contributed by atoms with Crippen LogP contribution < -0.4 is 5.32 Å². The molecule has 4 rings (SSSR count). The molecule has 2 aromatic carbocycles. The van der Waals surface area contributed by atoms with E-state index in [4.69, 9.17) is 11.6 Å². The molecule has 2 fully saturated rings. The normalized spacial score (nSPS) is 19.8. The van der Waals surface area contributed by atoms with E-state index in [1.807, 2.05) is 53.4 Å². The fraction of sp³-hybridized carbons (Fsp3) is 0.417. The van der Waals surface area contributed by atoms with Crippen molar-refractivity contribution in [2.45, 2.75) is 44.0 Å². The lowest BCUT2D eigenvalue weighted by molar-refractivity contribution is -0.128. The summed E-state index contributed by atoms with van der Waals surface area (Å²) >= 11 is 7.60. The first kappa shape index (κ1) is 21.3. The number of amides is 2. The molecular formula is C24H27ClN2O2S. The summed E-state index contributed by atoms with van der Waals surface area (Å²) < 4.78 is 0. The molecule has 1 atom stereocenters. The molecule has 6 heteroatoms. The predicted molar refractivity (Wildman–Crippen MR) is 123 cm³/mol. The molecule has 1 N–H and O–H groups in total. The van der Waals surface area contributed by atoms with Crippen LogP contribution in [0.2, 0.25) is 5.02 Å². The molecule has 1 heterocycles. The Balaban J connectivity index is 1.38. The van der Waals surface area contributed by atoms with Crippen LogP contribution in [0.25, 0.3) is 0 Å². The van der Waals surface area contributed by atoms with Gasteiger partial charge in [0.15, 0.2) is 0 Å². The van der Waals surface area contributed by atoms with Crippen molar-refractivity contribution in [1.82, 2.24) is 10.2 Å². The van der Waals surface area contributed by atoms with Crippen molar-refractivity contribution >= 4 is 35.2 Å². The topological polar surface area (TPSA) is 49.4 Å². The molecular weight excluding hydrogens is 416 g/mol. The zero-order valence-corrected chi connectivity index (χ0v) is 18.6.